The molecule has 1 atom stereocenters. The molecule has 2 fully saturated rings. The molecule has 3 rings (SSSR count). The van der Waals surface area contributed by atoms with E-state index in [4.69, 9.17) is 4.74 Å². The topological polar surface area (TPSA) is 9.23 Å². The first-order valence-corrected chi connectivity index (χ1v) is 9.83. The molecule has 1 aromatic rings. The first-order chi connectivity index (χ1) is 9.78. The zero-order valence-electron chi connectivity index (χ0n) is 11.4. The highest BCUT2D eigenvalue weighted by Gasteiger charge is 2.55. The summed E-state index contributed by atoms with van der Waals surface area (Å²) in [6, 6.07) is 8.33. The number of rotatable bonds is 5. The van der Waals surface area contributed by atoms with Gasteiger partial charge in [0, 0.05) is 10.4 Å². The molecule has 2 aliphatic rings. The molecule has 1 nitrogen and oxygen atoms in total. The molecule has 0 N–H and O–H groups in total. The quantitative estimate of drug-likeness (QED) is 0.669. The number of ether oxygens (including phenoxy) is 1. The average molecular weight is 371 g/mol. The van der Waals surface area contributed by atoms with Crippen LogP contribution in [-0.2, 0) is 4.74 Å². The number of benzene rings is 1. The van der Waals surface area contributed by atoms with E-state index in [0.29, 0.717) is 4.08 Å². The van der Waals surface area contributed by atoms with Crippen LogP contribution in [0.15, 0.2) is 34.8 Å². The van der Waals surface area contributed by atoms with E-state index in [1.54, 1.807) is 0 Å². The summed E-state index contributed by atoms with van der Waals surface area (Å²) in [7, 11) is 0. The summed E-state index contributed by atoms with van der Waals surface area (Å²) in [6.07, 6.45) is 6.96. The van der Waals surface area contributed by atoms with Crippen LogP contribution in [0.25, 0.3) is 6.08 Å². The van der Waals surface area contributed by atoms with Crippen molar-refractivity contribution in [2.75, 3.05) is 24.7 Å². The Morgan fingerprint density at radius 1 is 1.25 bits per heavy atom. The van der Waals surface area contributed by atoms with Crippen molar-refractivity contribution in [3.63, 3.8) is 0 Å². The lowest BCUT2D eigenvalue weighted by Gasteiger charge is -2.21. The first kappa shape index (κ1) is 15.0. The SMILES string of the molecule is Brc1ccc(/C=C/COCC2CC23SCCCS3)cc1. The van der Waals surface area contributed by atoms with E-state index >= 15 is 0 Å². The maximum Gasteiger partial charge on any atom is 0.0666 e. The Hall–Kier alpha value is 0.1000. The van der Waals surface area contributed by atoms with Gasteiger partial charge in [0.05, 0.1) is 17.3 Å². The zero-order chi connectivity index (χ0) is 13.8. The highest BCUT2D eigenvalue weighted by molar-refractivity contribution is 9.10. The van der Waals surface area contributed by atoms with Crippen LogP contribution in [0.5, 0.6) is 0 Å². The van der Waals surface area contributed by atoms with Gasteiger partial charge in [-0.2, -0.15) is 0 Å². The second-order valence-corrected chi connectivity index (χ2v) is 9.28. The molecule has 1 heterocycles. The van der Waals surface area contributed by atoms with Crippen LogP contribution in [0, 0.1) is 5.92 Å². The lowest BCUT2D eigenvalue weighted by Crippen LogP contribution is -2.12. The van der Waals surface area contributed by atoms with E-state index in [-0.39, 0.29) is 0 Å². The van der Waals surface area contributed by atoms with E-state index < -0.39 is 0 Å². The van der Waals surface area contributed by atoms with Crippen LogP contribution in [0.4, 0.5) is 0 Å². The highest BCUT2D eigenvalue weighted by Crippen LogP contribution is 2.63. The van der Waals surface area contributed by atoms with Gasteiger partial charge >= 0.3 is 0 Å². The molecule has 1 aliphatic heterocycles. The Morgan fingerprint density at radius 2 is 2.00 bits per heavy atom. The molecule has 4 heteroatoms. The van der Waals surface area contributed by atoms with E-state index in [0.717, 1.165) is 23.6 Å². The number of hydrogen-bond acceptors (Lipinski definition) is 3. The molecule has 1 saturated carbocycles. The van der Waals surface area contributed by atoms with Crippen molar-refractivity contribution in [2.24, 2.45) is 5.92 Å². The molecule has 1 spiro atoms. The molecular weight excluding hydrogens is 352 g/mol. The second kappa shape index (κ2) is 6.91. The van der Waals surface area contributed by atoms with E-state index in [1.165, 1.54) is 29.9 Å². The first-order valence-electron chi connectivity index (χ1n) is 7.06. The fraction of sp³-hybridized carbons (Fsp3) is 0.500. The summed E-state index contributed by atoms with van der Waals surface area (Å²) in [6.45, 7) is 1.64. The van der Waals surface area contributed by atoms with Gasteiger partial charge in [-0.1, -0.05) is 40.2 Å². The normalized spacial score (nSPS) is 24.4. The summed E-state index contributed by atoms with van der Waals surface area (Å²) in [5.74, 6) is 3.46. The Bertz CT molecular complexity index is 466. The molecule has 0 amide bonds. The molecular formula is C16H19BrOS2. The zero-order valence-corrected chi connectivity index (χ0v) is 14.6. The van der Waals surface area contributed by atoms with E-state index in [9.17, 15) is 0 Å². The molecule has 108 valence electrons. The van der Waals surface area contributed by atoms with Gasteiger partial charge in [0.1, 0.15) is 0 Å². The number of hydrogen-bond donors (Lipinski definition) is 0. The lowest BCUT2D eigenvalue weighted by atomic mass is 10.2. The van der Waals surface area contributed by atoms with Gasteiger partial charge in [-0.25, -0.2) is 0 Å². The van der Waals surface area contributed by atoms with Gasteiger partial charge in [-0.3, -0.25) is 0 Å². The third-order valence-corrected chi connectivity index (χ3v) is 7.89. The van der Waals surface area contributed by atoms with Gasteiger partial charge in [0.15, 0.2) is 0 Å². The van der Waals surface area contributed by atoms with Crippen LogP contribution < -0.4 is 0 Å². The third-order valence-electron chi connectivity index (χ3n) is 3.69. The maximum atomic E-state index is 5.81. The molecule has 20 heavy (non-hydrogen) atoms. The monoisotopic (exact) mass is 370 g/mol. The predicted octanol–water partition coefficient (Wildman–Crippen LogP) is 5.07. The Balaban J connectivity index is 1.36. The van der Waals surface area contributed by atoms with E-state index in [2.05, 4.69) is 75.9 Å². The molecule has 1 unspecified atom stereocenters. The minimum Gasteiger partial charge on any atom is -0.377 e. The highest BCUT2D eigenvalue weighted by atomic mass is 79.9. The van der Waals surface area contributed by atoms with Crippen LogP contribution in [0.3, 0.4) is 0 Å². The van der Waals surface area contributed by atoms with Gasteiger partial charge in [-0.05, 0) is 42.0 Å². The van der Waals surface area contributed by atoms with Crippen molar-refractivity contribution in [1.82, 2.24) is 0 Å². The smallest absolute Gasteiger partial charge is 0.0666 e. The Labute approximate surface area is 138 Å². The van der Waals surface area contributed by atoms with Gasteiger partial charge in [0.25, 0.3) is 0 Å². The largest absolute Gasteiger partial charge is 0.377 e. The Kier molecular flexibility index (Phi) is 5.18. The number of halogens is 1. The lowest BCUT2D eigenvalue weighted by molar-refractivity contribution is 0.151. The molecule has 0 aromatic heterocycles. The summed E-state index contributed by atoms with van der Waals surface area (Å²) in [4.78, 5) is 0. The van der Waals surface area contributed by atoms with Crippen LogP contribution in [0.2, 0.25) is 0 Å². The fourth-order valence-electron chi connectivity index (χ4n) is 2.45. The van der Waals surface area contributed by atoms with Crippen molar-refractivity contribution in [3.8, 4) is 0 Å². The molecule has 1 aromatic carbocycles. The molecule has 1 aliphatic carbocycles. The predicted molar refractivity (Wildman–Crippen MR) is 94.4 cm³/mol. The van der Waals surface area contributed by atoms with Crippen molar-refractivity contribution in [1.29, 1.82) is 0 Å². The second-order valence-electron chi connectivity index (χ2n) is 5.25. The van der Waals surface area contributed by atoms with Crippen molar-refractivity contribution in [3.05, 3.63) is 40.4 Å². The molecule has 1 saturated heterocycles. The van der Waals surface area contributed by atoms with Crippen LogP contribution in [-0.4, -0.2) is 28.8 Å². The molecule has 0 bridgehead atoms. The minimum atomic E-state index is 0.535. The van der Waals surface area contributed by atoms with Crippen LogP contribution >= 0.6 is 39.5 Å². The minimum absolute atomic E-state index is 0.535. The fourth-order valence-corrected chi connectivity index (χ4v) is 6.25. The third kappa shape index (κ3) is 3.85. The van der Waals surface area contributed by atoms with Gasteiger partial charge in [-0.15, -0.1) is 23.5 Å². The van der Waals surface area contributed by atoms with Crippen LogP contribution in [0.1, 0.15) is 18.4 Å². The molecule has 0 radical (unpaired) electrons. The van der Waals surface area contributed by atoms with Crippen molar-refractivity contribution >= 4 is 45.5 Å². The Morgan fingerprint density at radius 3 is 2.75 bits per heavy atom. The summed E-state index contributed by atoms with van der Waals surface area (Å²) >= 11 is 7.77. The summed E-state index contributed by atoms with van der Waals surface area (Å²) < 4.78 is 7.46. The summed E-state index contributed by atoms with van der Waals surface area (Å²) in [5, 5.41) is 0. The van der Waals surface area contributed by atoms with Crippen molar-refractivity contribution < 1.29 is 4.74 Å². The van der Waals surface area contributed by atoms with Gasteiger partial charge in [0.2, 0.25) is 0 Å². The van der Waals surface area contributed by atoms with Gasteiger partial charge < -0.3 is 4.74 Å². The maximum absolute atomic E-state index is 5.81. The average Bonchev–Trinajstić information content (AvgIpc) is 3.13. The van der Waals surface area contributed by atoms with Crippen molar-refractivity contribution in [2.45, 2.75) is 16.9 Å². The standard InChI is InChI=1S/C16H19BrOS2/c17-15-6-4-13(5-7-15)3-1-8-18-12-14-11-16(14)19-9-2-10-20-16/h1,3-7,14H,2,8-12H2/b3-1+. The number of thioether (sulfide) groups is 2. The summed E-state index contributed by atoms with van der Waals surface area (Å²) in [5.41, 5.74) is 1.22. The van der Waals surface area contributed by atoms with E-state index in [1.807, 2.05) is 0 Å².